The number of fused-ring (bicyclic) bond motifs is 2. The third-order valence-corrected chi connectivity index (χ3v) is 5.77. The van der Waals surface area contributed by atoms with Gasteiger partial charge in [0.15, 0.2) is 0 Å². The maximum absolute atomic E-state index is 13.0. The van der Waals surface area contributed by atoms with Gasteiger partial charge in [-0.1, -0.05) is 36.4 Å². The number of hydrogen-bond donors (Lipinski definition) is 0. The highest BCUT2D eigenvalue weighted by Crippen LogP contribution is 2.30. The molecule has 0 N–H and O–H groups in total. The first-order valence-electron chi connectivity index (χ1n) is 6.92. The fraction of sp³-hybridized carbons (Fsp3) is 0.125. The molecule has 6 heteroatoms. The van der Waals surface area contributed by atoms with Crippen molar-refractivity contribution in [1.29, 1.82) is 0 Å². The van der Waals surface area contributed by atoms with Crippen molar-refractivity contribution in [2.45, 2.75) is 18.0 Å². The van der Waals surface area contributed by atoms with Crippen LogP contribution in [0, 0.1) is 0 Å². The summed E-state index contributed by atoms with van der Waals surface area (Å²) < 4.78 is 27.4. The molecular formula is C16H13N3O2S. The Bertz CT molecular complexity index is 940. The van der Waals surface area contributed by atoms with E-state index in [-0.39, 0.29) is 0 Å². The summed E-state index contributed by atoms with van der Waals surface area (Å²) in [5.41, 5.74) is 1.64. The van der Waals surface area contributed by atoms with Crippen molar-refractivity contribution in [2.24, 2.45) is 0 Å². The molecular weight excluding hydrogens is 298 g/mol. The summed E-state index contributed by atoms with van der Waals surface area (Å²) in [5, 5.41) is 1.66. The summed E-state index contributed by atoms with van der Waals surface area (Å²) in [5.74, 6) is 0. The van der Waals surface area contributed by atoms with Gasteiger partial charge in [0.05, 0.1) is 17.1 Å². The molecule has 22 heavy (non-hydrogen) atoms. The molecule has 2 aromatic carbocycles. The summed E-state index contributed by atoms with van der Waals surface area (Å²) >= 11 is 0. The van der Waals surface area contributed by atoms with Crippen molar-refractivity contribution >= 4 is 20.8 Å². The van der Waals surface area contributed by atoms with Crippen LogP contribution in [0.2, 0.25) is 0 Å². The Morgan fingerprint density at radius 3 is 2.68 bits per heavy atom. The van der Waals surface area contributed by atoms with Crippen molar-refractivity contribution in [1.82, 2.24) is 14.3 Å². The van der Waals surface area contributed by atoms with Crippen LogP contribution in [0.1, 0.15) is 11.3 Å². The van der Waals surface area contributed by atoms with Crippen molar-refractivity contribution in [3.8, 4) is 0 Å². The normalized spacial score (nSPS) is 15.1. The second-order valence-electron chi connectivity index (χ2n) is 5.25. The number of rotatable bonds is 2. The van der Waals surface area contributed by atoms with E-state index in [1.807, 2.05) is 30.3 Å². The zero-order valence-corrected chi connectivity index (χ0v) is 12.5. The van der Waals surface area contributed by atoms with Crippen LogP contribution in [-0.4, -0.2) is 22.7 Å². The Balaban J connectivity index is 1.82. The smallest absolute Gasteiger partial charge is 0.244 e. The maximum atomic E-state index is 13.0. The average Bonchev–Trinajstić information content (AvgIpc) is 2.99. The van der Waals surface area contributed by atoms with Gasteiger partial charge in [0.1, 0.15) is 6.33 Å². The van der Waals surface area contributed by atoms with E-state index >= 15 is 0 Å². The highest BCUT2D eigenvalue weighted by atomic mass is 32.2. The molecule has 0 spiro atoms. The summed E-state index contributed by atoms with van der Waals surface area (Å²) in [6.07, 6.45) is 3.13. The molecule has 0 aliphatic carbocycles. The molecule has 0 fully saturated rings. The van der Waals surface area contributed by atoms with Crippen LogP contribution in [-0.2, 0) is 23.1 Å². The first-order chi connectivity index (χ1) is 10.7. The van der Waals surface area contributed by atoms with Gasteiger partial charge in [0.25, 0.3) is 0 Å². The Hall–Kier alpha value is -2.31. The fourth-order valence-corrected chi connectivity index (χ4v) is 4.39. The molecule has 1 aliphatic rings. The van der Waals surface area contributed by atoms with Crippen LogP contribution in [0.15, 0.2) is 59.9 Å². The molecule has 110 valence electrons. The predicted octanol–water partition coefficient (Wildman–Crippen LogP) is 2.33. The van der Waals surface area contributed by atoms with Crippen LogP contribution in [0.3, 0.4) is 0 Å². The molecule has 4 rings (SSSR count). The fourth-order valence-electron chi connectivity index (χ4n) is 2.80. The highest BCUT2D eigenvalue weighted by molar-refractivity contribution is 7.89. The van der Waals surface area contributed by atoms with E-state index in [0.717, 1.165) is 22.0 Å². The van der Waals surface area contributed by atoms with E-state index in [1.54, 1.807) is 18.3 Å². The van der Waals surface area contributed by atoms with E-state index in [9.17, 15) is 8.42 Å². The van der Waals surface area contributed by atoms with Gasteiger partial charge in [0, 0.05) is 23.7 Å². The Morgan fingerprint density at radius 1 is 1.00 bits per heavy atom. The zero-order valence-electron chi connectivity index (χ0n) is 11.7. The quantitative estimate of drug-likeness (QED) is 0.729. The number of benzene rings is 2. The van der Waals surface area contributed by atoms with Crippen molar-refractivity contribution in [3.63, 3.8) is 0 Å². The van der Waals surface area contributed by atoms with Gasteiger partial charge in [-0.15, -0.1) is 0 Å². The number of aromatic nitrogens is 2. The number of hydrogen-bond acceptors (Lipinski definition) is 4. The molecule has 0 unspecified atom stereocenters. The minimum atomic E-state index is -3.57. The van der Waals surface area contributed by atoms with Crippen LogP contribution in [0.25, 0.3) is 10.8 Å². The second kappa shape index (κ2) is 4.86. The molecule has 1 aliphatic heterocycles. The van der Waals surface area contributed by atoms with Gasteiger partial charge >= 0.3 is 0 Å². The third kappa shape index (κ3) is 2.00. The largest absolute Gasteiger partial charge is 0.244 e. The minimum Gasteiger partial charge on any atom is -0.244 e. The van der Waals surface area contributed by atoms with Gasteiger partial charge in [-0.25, -0.2) is 18.4 Å². The van der Waals surface area contributed by atoms with E-state index in [2.05, 4.69) is 9.97 Å². The van der Waals surface area contributed by atoms with E-state index in [1.165, 1.54) is 10.6 Å². The Labute approximate surface area is 128 Å². The average molecular weight is 311 g/mol. The second-order valence-corrected chi connectivity index (χ2v) is 7.15. The molecule has 0 saturated carbocycles. The first-order valence-corrected chi connectivity index (χ1v) is 8.36. The lowest BCUT2D eigenvalue weighted by molar-refractivity contribution is 0.430. The molecule has 0 amide bonds. The SMILES string of the molecule is O=S(=O)(c1cccc2ccccc12)N1Cc2cncnc2C1. The molecule has 5 nitrogen and oxygen atoms in total. The molecule has 0 atom stereocenters. The van der Waals surface area contributed by atoms with Crippen LogP contribution in [0.5, 0.6) is 0 Å². The lowest BCUT2D eigenvalue weighted by atomic mass is 10.1. The summed E-state index contributed by atoms with van der Waals surface area (Å²) in [6, 6.07) is 12.9. The number of sulfonamides is 1. The summed E-state index contributed by atoms with van der Waals surface area (Å²) in [4.78, 5) is 8.46. The molecule has 0 bridgehead atoms. The highest BCUT2D eigenvalue weighted by Gasteiger charge is 2.32. The van der Waals surface area contributed by atoms with Gasteiger partial charge in [-0.2, -0.15) is 4.31 Å². The topological polar surface area (TPSA) is 63.2 Å². The maximum Gasteiger partial charge on any atom is 0.244 e. The zero-order chi connectivity index (χ0) is 15.2. The van der Waals surface area contributed by atoms with Crippen molar-refractivity contribution < 1.29 is 8.42 Å². The lowest BCUT2D eigenvalue weighted by Crippen LogP contribution is -2.25. The Kier molecular flexibility index (Phi) is 2.95. The molecule has 2 heterocycles. The minimum absolute atomic E-state index is 0.295. The van der Waals surface area contributed by atoms with Crippen LogP contribution >= 0.6 is 0 Å². The van der Waals surface area contributed by atoms with Gasteiger partial charge < -0.3 is 0 Å². The van der Waals surface area contributed by atoms with Gasteiger partial charge in [0.2, 0.25) is 10.0 Å². The molecule has 0 radical (unpaired) electrons. The standard InChI is InChI=1S/C16H13N3O2S/c20-22(21,19-9-13-8-17-11-18-15(13)10-19)16-7-3-5-12-4-1-2-6-14(12)16/h1-8,11H,9-10H2. The summed E-state index contributed by atoms with van der Waals surface area (Å²) in [7, 11) is -3.57. The molecule has 1 aromatic heterocycles. The molecule has 3 aromatic rings. The molecule has 0 saturated heterocycles. The van der Waals surface area contributed by atoms with Crippen molar-refractivity contribution in [3.05, 3.63) is 66.2 Å². The van der Waals surface area contributed by atoms with Crippen LogP contribution in [0.4, 0.5) is 0 Å². The first kappa shape index (κ1) is 13.4. The van der Waals surface area contributed by atoms with Gasteiger partial charge in [-0.05, 0) is 11.5 Å². The summed E-state index contributed by atoms with van der Waals surface area (Å²) in [6.45, 7) is 0.616. The predicted molar refractivity (Wildman–Crippen MR) is 82.4 cm³/mol. The lowest BCUT2D eigenvalue weighted by Gasteiger charge is -2.16. The van der Waals surface area contributed by atoms with Crippen molar-refractivity contribution in [2.75, 3.05) is 0 Å². The monoisotopic (exact) mass is 311 g/mol. The Morgan fingerprint density at radius 2 is 1.82 bits per heavy atom. The van der Waals surface area contributed by atoms with E-state index in [0.29, 0.717) is 18.0 Å². The van der Waals surface area contributed by atoms with E-state index in [4.69, 9.17) is 0 Å². The van der Waals surface area contributed by atoms with E-state index < -0.39 is 10.0 Å². The van der Waals surface area contributed by atoms with Crippen LogP contribution < -0.4 is 0 Å². The number of nitrogens with zero attached hydrogens (tertiary/aromatic N) is 3. The van der Waals surface area contributed by atoms with Gasteiger partial charge in [-0.3, -0.25) is 0 Å². The third-order valence-electron chi connectivity index (χ3n) is 3.92.